The molecular formula is C14H20ClNO2. The molecule has 1 aromatic carbocycles. The van der Waals surface area contributed by atoms with Crippen LogP contribution in [0, 0.1) is 5.92 Å². The van der Waals surface area contributed by atoms with Crippen LogP contribution >= 0.6 is 11.6 Å². The van der Waals surface area contributed by atoms with Crippen LogP contribution in [0.25, 0.3) is 0 Å². The van der Waals surface area contributed by atoms with Crippen LogP contribution in [-0.4, -0.2) is 20.3 Å². The Labute approximate surface area is 113 Å². The van der Waals surface area contributed by atoms with Crippen LogP contribution in [-0.2, 0) is 6.54 Å². The summed E-state index contributed by atoms with van der Waals surface area (Å²) in [4.78, 5) is 0. The van der Waals surface area contributed by atoms with E-state index >= 15 is 0 Å². The van der Waals surface area contributed by atoms with Gasteiger partial charge in [-0.2, -0.15) is 0 Å². The molecule has 0 aliphatic heterocycles. The van der Waals surface area contributed by atoms with Gasteiger partial charge in [0, 0.05) is 23.2 Å². The summed E-state index contributed by atoms with van der Waals surface area (Å²) in [6.07, 6.45) is 2.55. The standard InChI is InChI=1S/C14H20ClNO2/c1-3-16-8-11-6-12(15)7-13(17-2)14(11)18-9-10-4-5-10/h6-7,10,16H,3-5,8-9H2,1-2H3. The van der Waals surface area contributed by atoms with Crippen LogP contribution < -0.4 is 14.8 Å². The molecule has 0 aromatic heterocycles. The van der Waals surface area contributed by atoms with E-state index < -0.39 is 0 Å². The van der Waals surface area contributed by atoms with Crippen LogP contribution in [0.3, 0.4) is 0 Å². The summed E-state index contributed by atoms with van der Waals surface area (Å²) < 4.78 is 11.3. The zero-order valence-electron chi connectivity index (χ0n) is 11.0. The fourth-order valence-corrected chi connectivity index (χ4v) is 2.05. The lowest BCUT2D eigenvalue weighted by molar-refractivity contribution is 0.277. The Bertz CT molecular complexity index is 405. The molecule has 0 unspecified atom stereocenters. The normalized spacial score (nSPS) is 14.6. The Morgan fingerprint density at radius 3 is 2.78 bits per heavy atom. The molecule has 1 fully saturated rings. The number of hydrogen-bond donors (Lipinski definition) is 1. The van der Waals surface area contributed by atoms with Gasteiger partial charge >= 0.3 is 0 Å². The van der Waals surface area contributed by atoms with E-state index in [9.17, 15) is 0 Å². The van der Waals surface area contributed by atoms with Crippen LogP contribution in [0.5, 0.6) is 11.5 Å². The third-order valence-electron chi connectivity index (χ3n) is 3.04. The second kappa shape index (κ2) is 6.30. The van der Waals surface area contributed by atoms with Gasteiger partial charge in [0.15, 0.2) is 11.5 Å². The molecule has 18 heavy (non-hydrogen) atoms. The first-order valence-electron chi connectivity index (χ1n) is 6.44. The van der Waals surface area contributed by atoms with Crippen molar-refractivity contribution in [3.8, 4) is 11.5 Å². The maximum absolute atomic E-state index is 6.09. The van der Waals surface area contributed by atoms with Crippen molar-refractivity contribution in [3.63, 3.8) is 0 Å². The summed E-state index contributed by atoms with van der Waals surface area (Å²) in [6.45, 7) is 4.51. The summed E-state index contributed by atoms with van der Waals surface area (Å²) >= 11 is 6.09. The van der Waals surface area contributed by atoms with Crippen molar-refractivity contribution in [2.45, 2.75) is 26.3 Å². The molecule has 0 heterocycles. The second-order valence-electron chi connectivity index (χ2n) is 4.63. The molecule has 0 bridgehead atoms. The Kier molecular flexibility index (Phi) is 4.72. The molecule has 0 amide bonds. The topological polar surface area (TPSA) is 30.5 Å². The molecule has 0 atom stereocenters. The molecule has 1 aromatic rings. The van der Waals surface area contributed by atoms with E-state index in [4.69, 9.17) is 21.1 Å². The van der Waals surface area contributed by atoms with Crippen molar-refractivity contribution in [1.29, 1.82) is 0 Å². The Morgan fingerprint density at radius 2 is 2.17 bits per heavy atom. The van der Waals surface area contributed by atoms with E-state index in [2.05, 4.69) is 12.2 Å². The lowest BCUT2D eigenvalue weighted by Gasteiger charge is -2.16. The first-order valence-corrected chi connectivity index (χ1v) is 6.82. The molecule has 100 valence electrons. The SMILES string of the molecule is CCNCc1cc(Cl)cc(OC)c1OCC1CC1. The molecule has 2 rings (SSSR count). The van der Waals surface area contributed by atoms with Gasteiger partial charge in [-0.1, -0.05) is 18.5 Å². The second-order valence-corrected chi connectivity index (χ2v) is 5.07. The monoisotopic (exact) mass is 269 g/mol. The lowest BCUT2D eigenvalue weighted by atomic mass is 10.1. The predicted molar refractivity (Wildman–Crippen MR) is 73.6 cm³/mol. The zero-order chi connectivity index (χ0) is 13.0. The number of benzene rings is 1. The number of hydrogen-bond acceptors (Lipinski definition) is 3. The predicted octanol–water partition coefficient (Wildman–Crippen LogP) is 3.25. The molecular weight excluding hydrogens is 250 g/mol. The number of rotatable bonds is 7. The van der Waals surface area contributed by atoms with Crippen LogP contribution in [0.4, 0.5) is 0 Å². The molecule has 1 N–H and O–H groups in total. The van der Waals surface area contributed by atoms with Gasteiger partial charge in [0.05, 0.1) is 13.7 Å². The van der Waals surface area contributed by atoms with Gasteiger partial charge in [0.2, 0.25) is 0 Å². The Hall–Kier alpha value is -0.930. The Balaban J connectivity index is 2.18. The molecule has 1 aliphatic rings. The van der Waals surface area contributed by atoms with Crippen molar-refractivity contribution in [3.05, 3.63) is 22.7 Å². The molecule has 4 heteroatoms. The van der Waals surface area contributed by atoms with Gasteiger partial charge in [0.1, 0.15) is 0 Å². The highest BCUT2D eigenvalue weighted by Gasteiger charge is 2.23. The lowest BCUT2D eigenvalue weighted by Crippen LogP contribution is -2.14. The number of ether oxygens (including phenoxy) is 2. The van der Waals surface area contributed by atoms with Gasteiger partial charge < -0.3 is 14.8 Å². The number of halogens is 1. The number of nitrogens with one attached hydrogen (secondary N) is 1. The fraction of sp³-hybridized carbons (Fsp3) is 0.571. The largest absolute Gasteiger partial charge is 0.493 e. The van der Waals surface area contributed by atoms with Crippen LogP contribution in [0.2, 0.25) is 5.02 Å². The Morgan fingerprint density at radius 1 is 1.39 bits per heavy atom. The highest BCUT2D eigenvalue weighted by Crippen LogP contribution is 2.37. The fourth-order valence-electron chi connectivity index (χ4n) is 1.81. The van der Waals surface area contributed by atoms with E-state index in [1.165, 1.54) is 12.8 Å². The van der Waals surface area contributed by atoms with Crippen molar-refractivity contribution in [2.75, 3.05) is 20.3 Å². The molecule has 1 saturated carbocycles. The molecule has 1 aliphatic carbocycles. The summed E-state index contributed by atoms with van der Waals surface area (Å²) in [5.41, 5.74) is 1.06. The third kappa shape index (κ3) is 3.53. The highest BCUT2D eigenvalue weighted by molar-refractivity contribution is 6.30. The van der Waals surface area contributed by atoms with E-state index in [1.807, 2.05) is 6.07 Å². The van der Waals surface area contributed by atoms with Gasteiger partial charge in [-0.05, 0) is 31.4 Å². The highest BCUT2D eigenvalue weighted by atomic mass is 35.5. The maximum Gasteiger partial charge on any atom is 0.165 e. The summed E-state index contributed by atoms with van der Waals surface area (Å²) in [7, 11) is 1.65. The molecule has 0 spiro atoms. The molecule has 0 saturated heterocycles. The van der Waals surface area contributed by atoms with E-state index in [0.29, 0.717) is 5.02 Å². The molecule has 3 nitrogen and oxygen atoms in total. The number of methoxy groups -OCH3 is 1. The van der Waals surface area contributed by atoms with E-state index in [0.717, 1.165) is 42.7 Å². The zero-order valence-corrected chi connectivity index (χ0v) is 11.7. The maximum atomic E-state index is 6.09. The smallest absolute Gasteiger partial charge is 0.165 e. The van der Waals surface area contributed by atoms with Crippen LogP contribution in [0.15, 0.2) is 12.1 Å². The van der Waals surface area contributed by atoms with E-state index in [-0.39, 0.29) is 0 Å². The van der Waals surface area contributed by atoms with Gasteiger partial charge in [-0.3, -0.25) is 0 Å². The van der Waals surface area contributed by atoms with Gasteiger partial charge in [-0.15, -0.1) is 0 Å². The van der Waals surface area contributed by atoms with Crippen molar-refractivity contribution in [1.82, 2.24) is 5.32 Å². The summed E-state index contributed by atoms with van der Waals surface area (Å²) in [6, 6.07) is 3.74. The third-order valence-corrected chi connectivity index (χ3v) is 3.26. The molecule has 0 radical (unpaired) electrons. The van der Waals surface area contributed by atoms with Crippen molar-refractivity contribution < 1.29 is 9.47 Å². The minimum Gasteiger partial charge on any atom is -0.493 e. The van der Waals surface area contributed by atoms with Gasteiger partial charge in [0.25, 0.3) is 0 Å². The first kappa shape index (κ1) is 13.5. The van der Waals surface area contributed by atoms with E-state index in [1.54, 1.807) is 13.2 Å². The summed E-state index contributed by atoms with van der Waals surface area (Å²) in [5, 5.41) is 3.97. The van der Waals surface area contributed by atoms with Crippen molar-refractivity contribution >= 4 is 11.6 Å². The van der Waals surface area contributed by atoms with Crippen molar-refractivity contribution in [2.24, 2.45) is 5.92 Å². The minimum absolute atomic E-state index is 0.679. The first-order chi connectivity index (χ1) is 8.74. The minimum atomic E-state index is 0.679. The average molecular weight is 270 g/mol. The quantitative estimate of drug-likeness (QED) is 0.824. The van der Waals surface area contributed by atoms with Gasteiger partial charge in [-0.25, -0.2) is 0 Å². The summed E-state index contributed by atoms with van der Waals surface area (Å²) in [5.74, 6) is 2.27. The van der Waals surface area contributed by atoms with Crippen LogP contribution in [0.1, 0.15) is 25.3 Å². The average Bonchev–Trinajstić information content (AvgIpc) is 3.18.